The van der Waals surface area contributed by atoms with Crippen molar-refractivity contribution in [3.05, 3.63) is 36.4 Å². The van der Waals surface area contributed by atoms with Crippen molar-refractivity contribution in [3.63, 3.8) is 0 Å². The van der Waals surface area contributed by atoms with Gasteiger partial charge in [0.25, 0.3) is 0 Å². The number of anilines is 1. The van der Waals surface area contributed by atoms with Crippen LogP contribution >= 0.6 is 0 Å². The highest BCUT2D eigenvalue weighted by Gasteiger charge is 2.45. The monoisotopic (exact) mass is 308 g/mol. The van der Waals surface area contributed by atoms with Gasteiger partial charge in [0.1, 0.15) is 5.82 Å². The summed E-state index contributed by atoms with van der Waals surface area (Å²) >= 11 is 0. The second-order valence-corrected chi connectivity index (χ2v) is 5.93. The maximum absolute atomic E-state index is 10.8. The van der Waals surface area contributed by atoms with Crippen molar-refractivity contribution in [1.29, 1.82) is 0 Å². The van der Waals surface area contributed by atoms with E-state index in [0.29, 0.717) is 5.82 Å². The minimum Gasteiger partial charge on any atom is -0.383 e. The summed E-state index contributed by atoms with van der Waals surface area (Å²) in [5.41, 5.74) is 8.31. The summed E-state index contributed by atoms with van der Waals surface area (Å²) < 4.78 is 1.72. The fraction of sp³-hybridized carbons (Fsp3) is 0.250. The van der Waals surface area contributed by atoms with Crippen LogP contribution in [0.25, 0.3) is 22.0 Å². The smallest absolute Gasteiger partial charge is 0.207 e. The quantitative estimate of drug-likeness (QED) is 0.709. The molecule has 1 fully saturated rings. The van der Waals surface area contributed by atoms with E-state index in [0.717, 1.165) is 47.0 Å². The van der Waals surface area contributed by atoms with Crippen LogP contribution < -0.4 is 11.1 Å². The number of carbonyl (C=O) groups is 1. The van der Waals surface area contributed by atoms with E-state index in [4.69, 9.17) is 5.73 Å². The Balaban J connectivity index is 1.85. The van der Waals surface area contributed by atoms with E-state index in [1.807, 2.05) is 25.4 Å². The van der Waals surface area contributed by atoms with E-state index < -0.39 is 0 Å². The lowest BCUT2D eigenvalue weighted by atomic mass is 10.1. The average molecular weight is 308 g/mol. The second kappa shape index (κ2) is 4.77. The first-order valence-corrected chi connectivity index (χ1v) is 7.38. The minimum atomic E-state index is -0.317. The number of hydrogen-bond donors (Lipinski definition) is 2. The third kappa shape index (κ3) is 2.21. The van der Waals surface area contributed by atoms with E-state index in [1.54, 1.807) is 17.1 Å². The Hall–Kier alpha value is -2.96. The van der Waals surface area contributed by atoms with Crippen molar-refractivity contribution in [3.8, 4) is 11.3 Å². The Morgan fingerprint density at radius 2 is 2.17 bits per heavy atom. The molecule has 0 unspecified atom stereocenters. The number of pyridine rings is 2. The van der Waals surface area contributed by atoms with E-state index in [1.165, 1.54) is 0 Å². The summed E-state index contributed by atoms with van der Waals surface area (Å²) in [5, 5.41) is 8.81. The predicted octanol–water partition coefficient (Wildman–Crippen LogP) is 1.35. The highest BCUT2D eigenvalue weighted by Crippen LogP contribution is 2.45. The standard InChI is InChI=1S/C16H16N6O/c1-22-8-11(6-20-22)13-4-10-5-14(16(2-3-16)19-9-23)18-7-12(10)15(17)21-13/h4-9H,2-3H2,1H3,(H2,17,21)(H,19,23). The molecular weight excluding hydrogens is 292 g/mol. The highest BCUT2D eigenvalue weighted by molar-refractivity contribution is 5.93. The molecule has 0 aliphatic heterocycles. The number of nitrogens with one attached hydrogen (secondary N) is 1. The summed E-state index contributed by atoms with van der Waals surface area (Å²) in [7, 11) is 1.86. The lowest BCUT2D eigenvalue weighted by Gasteiger charge is -2.14. The molecule has 23 heavy (non-hydrogen) atoms. The SMILES string of the molecule is Cn1cc(-c2cc3cc(C4(NC=O)CC4)ncc3c(N)n2)cn1. The van der Waals surface area contributed by atoms with Crippen LogP contribution in [0.1, 0.15) is 18.5 Å². The van der Waals surface area contributed by atoms with Crippen molar-refractivity contribution < 1.29 is 4.79 Å². The van der Waals surface area contributed by atoms with Gasteiger partial charge in [0.2, 0.25) is 6.41 Å². The van der Waals surface area contributed by atoms with Gasteiger partial charge in [0.05, 0.1) is 23.1 Å². The topological polar surface area (TPSA) is 98.7 Å². The fourth-order valence-electron chi connectivity index (χ4n) is 2.85. The molecule has 3 heterocycles. The Labute approximate surface area is 132 Å². The van der Waals surface area contributed by atoms with Gasteiger partial charge in [0, 0.05) is 30.4 Å². The molecule has 1 aliphatic carbocycles. The number of fused-ring (bicyclic) bond motifs is 1. The number of aryl methyl sites for hydroxylation is 1. The van der Waals surface area contributed by atoms with Gasteiger partial charge >= 0.3 is 0 Å². The largest absolute Gasteiger partial charge is 0.383 e. The van der Waals surface area contributed by atoms with Crippen molar-refractivity contribution in [2.75, 3.05) is 5.73 Å². The van der Waals surface area contributed by atoms with Crippen LogP contribution in [0.3, 0.4) is 0 Å². The van der Waals surface area contributed by atoms with Crippen molar-refractivity contribution >= 4 is 23.0 Å². The first-order valence-electron chi connectivity index (χ1n) is 7.38. The van der Waals surface area contributed by atoms with Gasteiger partial charge in [-0.1, -0.05) is 0 Å². The zero-order valence-electron chi connectivity index (χ0n) is 12.7. The van der Waals surface area contributed by atoms with Crippen LogP contribution in [-0.4, -0.2) is 26.2 Å². The van der Waals surface area contributed by atoms with Gasteiger partial charge in [-0.05, 0) is 30.4 Å². The lowest BCUT2D eigenvalue weighted by molar-refractivity contribution is -0.110. The number of rotatable bonds is 4. The van der Waals surface area contributed by atoms with E-state index in [9.17, 15) is 4.79 Å². The summed E-state index contributed by atoms with van der Waals surface area (Å²) in [4.78, 5) is 19.7. The Kier molecular flexibility index (Phi) is 2.84. The molecular formula is C16H16N6O. The molecule has 4 rings (SSSR count). The van der Waals surface area contributed by atoms with Gasteiger partial charge in [-0.15, -0.1) is 0 Å². The number of carbonyl (C=O) groups excluding carboxylic acids is 1. The predicted molar refractivity (Wildman–Crippen MR) is 86.3 cm³/mol. The third-order valence-electron chi connectivity index (χ3n) is 4.32. The molecule has 0 spiro atoms. The molecule has 1 aliphatic rings. The summed E-state index contributed by atoms with van der Waals surface area (Å²) in [5.74, 6) is 0.439. The molecule has 7 heteroatoms. The Bertz CT molecular complexity index is 912. The molecule has 0 atom stereocenters. The fourth-order valence-corrected chi connectivity index (χ4v) is 2.85. The molecule has 1 saturated carbocycles. The summed E-state index contributed by atoms with van der Waals surface area (Å²) in [6.45, 7) is 0. The van der Waals surface area contributed by atoms with Gasteiger partial charge in [-0.3, -0.25) is 14.5 Å². The first-order chi connectivity index (χ1) is 11.1. The molecule has 1 amide bonds. The molecule has 3 N–H and O–H groups in total. The number of amides is 1. The zero-order chi connectivity index (χ0) is 16.0. The van der Waals surface area contributed by atoms with E-state index in [2.05, 4.69) is 20.4 Å². The van der Waals surface area contributed by atoms with Crippen molar-refractivity contribution in [2.45, 2.75) is 18.4 Å². The number of nitrogens with two attached hydrogens (primary N) is 1. The minimum absolute atomic E-state index is 0.317. The normalized spacial score (nSPS) is 15.5. The summed E-state index contributed by atoms with van der Waals surface area (Å²) in [6.07, 6.45) is 7.92. The number of nitrogens with zero attached hydrogens (tertiary/aromatic N) is 4. The number of nitrogen functional groups attached to an aromatic ring is 1. The second-order valence-electron chi connectivity index (χ2n) is 5.93. The third-order valence-corrected chi connectivity index (χ3v) is 4.32. The number of aromatic nitrogens is 4. The molecule has 3 aromatic heterocycles. The van der Waals surface area contributed by atoms with Crippen molar-refractivity contribution in [1.82, 2.24) is 25.1 Å². The van der Waals surface area contributed by atoms with Gasteiger partial charge < -0.3 is 11.1 Å². The van der Waals surface area contributed by atoms with Crippen LogP contribution in [0.2, 0.25) is 0 Å². The molecule has 0 radical (unpaired) electrons. The first kappa shape index (κ1) is 13.7. The molecule has 7 nitrogen and oxygen atoms in total. The molecule has 3 aromatic rings. The van der Waals surface area contributed by atoms with E-state index >= 15 is 0 Å². The highest BCUT2D eigenvalue weighted by atomic mass is 16.1. The number of hydrogen-bond acceptors (Lipinski definition) is 5. The molecule has 0 bridgehead atoms. The zero-order valence-corrected chi connectivity index (χ0v) is 12.7. The van der Waals surface area contributed by atoms with Gasteiger partial charge in [-0.25, -0.2) is 4.98 Å². The maximum atomic E-state index is 10.8. The Morgan fingerprint density at radius 1 is 1.35 bits per heavy atom. The summed E-state index contributed by atoms with van der Waals surface area (Å²) in [6, 6.07) is 3.96. The van der Waals surface area contributed by atoms with E-state index in [-0.39, 0.29) is 5.54 Å². The maximum Gasteiger partial charge on any atom is 0.207 e. The van der Waals surface area contributed by atoms with Gasteiger partial charge in [-0.2, -0.15) is 5.10 Å². The van der Waals surface area contributed by atoms with Crippen LogP contribution in [0, 0.1) is 0 Å². The molecule has 0 saturated heterocycles. The van der Waals surface area contributed by atoms with Crippen LogP contribution in [-0.2, 0) is 17.4 Å². The van der Waals surface area contributed by atoms with Gasteiger partial charge in [0.15, 0.2) is 0 Å². The van der Waals surface area contributed by atoms with Crippen LogP contribution in [0.5, 0.6) is 0 Å². The molecule has 116 valence electrons. The van der Waals surface area contributed by atoms with Crippen LogP contribution in [0.15, 0.2) is 30.7 Å². The lowest BCUT2D eigenvalue weighted by Crippen LogP contribution is -2.28. The van der Waals surface area contributed by atoms with Crippen LogP contribution in [0.4, 0.5) is 5.82 Å². The molecule has 0 aromatic carbocycles. The average Bonchev–Trinajstić information content (AvgIpc) is 3.20. The Morgan fingerprint density at radius 3 is 2.83 bits per heavy atom. The van der Waals surface area contributed by atoms with Crippen molar-refractivity contribution in [2.24, 2.45) is 7.05 Å².